The fourth-order valence-electron chi connectivity index (χ4n) is 2.95. The van der Waals surface area contributed by atoms with Gasteiger partial charge in [0.2, 0.25) is 0 Å². The van der Waals surface area contributed by atoms with Crippen molar-refractivity contribution in [2.75, 3.05) is 0 Å². The smallest absolute Gasteiger partial charge is 0.110 e. The lowest BCUT2D eigenvalue weighted by molar-refractivity contribution is 0.224. The first kappa shape index (κ1) is 12.6. The van der Waals surface area contributed by atoms with Gasteiger partial charge in [-0.05, 0) is 38.5 Å². The molecule has 1 aromatic rings. The highest BCUT2D eigenvalue weighted by Crippen LogP contribution is 2.33. The molecule has 1 heterocycles. The van der Waals surface area contributed by atoms with Gasteiger partial charge < -0.3 is 10.3 Å². The molecule has 1 saturated carbocycles. The number of aryl methyl sites for hydroxylation is 1. The monoisotopic (exact) mass is 235 g/mol. The molecule has 0 unspecified atom stereocenters. The van der Waals surface area contributed by atoms with Crippen LogP contribution in [-0.4, -0.2) is 15.1 Å². The summed E-state index contributed by atoms with van der Waals surface area (Å²) in [6, 6.07) is 0. The Labute approximate surface area is 104 Å². The molecule has 0 bridgehead atoms. The standard InChI is InChI=1S/C14H25N3/c1-3-12-5-7-14(15,8-6-12)11-13-16-9-10-17(13)4-2/h9-10,12H,3-8,11,15H2,1-2H3. The molecule has 1 aliphatic rings. The molecule has 0 radical (unpaired) electrons. The van der Waals surface area contributed by atoms with Crippen LogP contribution in [0.5, 0.6) is 0 Å². The lowest BCUT2D eigenvalue weighted by Gasteiger charge is -2.36. The molecule has 17 heavy (non-hydrogen) atoms. The SMILES string of the molecule is CCC1CCC(N)(Cc2nccn2CC)CC1. The number of nitrogens with two attached hydrogens (primary N) is 1. The summed E-state index contributed by atoms with van der Waals surface area (Å²) in [5.41, 5.74) is 6.53. The number of hydrogen-bond donors (Lipinski definition) is 1. The molecular formula is C14H25N3. The summed E-state index contributed by atoms with van der Waals surface area (Å²) in [5, 5.41) is 0. The van der Waals surface area contributed by atoms with Crippen molar-refractivity contribution in [3.05, 3.63) is 18.2 Å². The minimum Gasteiger partial charge on any atom is -0.335 e. The molecule has 0 atom stereocenters. The van der Waals surface area contributed by atoms with E-state index in [2.05, 4.69) is 29.6 Å². The van der Waals surface area contributed by atoms with Gasteiger partial charge in [-0.15, -0.1) is 0 Å². The van der Waals surface area contributed by atoms with E-state index >= 15 is 0 Å². The second-order valence-electron chi connectivity index (χ2n) is 5.52. The van der Waals surface area contributed by atoms with Crippen molar-refractivity contribution in [3.63, 3.8) is 0 Å². The predicted molar refractivity (Wildman–Crippen MR) is 70.8 cm³/mol. The molecule has 1 fully saturated rings. The Morgan fingerprint density at radius 3 is 2.71 bits per heavy atom. The third kappa shape index (κ3) is 2.89. The average molecular weight is 235 g/mol. The maximum atomic E-state index is 6.54. The number of imidazole rings is 1. The number of nitrogens with zero attached hydrogens (tertiary/aromatic N) is 2. The Kier molecular flexibility index (Phi) is 3.87. The van der Waals surface area contributed by atoms with E-state index in [0.717, 1.165) is 37.5 Å². The normalized spacial score (nSPS) is 29.5. The second-order valence-corrected chi connectivity index (χ2v) is 5.52. The summed E-state index contributed by atoms with van der Waals surface area (Å²) in [6.45, 7) is 5.43. The number of aromatic nitrogens is 2. The van der Waals surface area contributed by atoms with Gasteiger partial charge in [-0.3, -0.25) is 0 Å². The van der Waals surface area contributed by atoms with Crippen molar-refractivity contribution < 1.29 is 0 Å². The molecule has 1 aromatic heterocycles. The summed E-state index contributed by atoms with van der Waals surface area (Å²) in [7, 11) is 0. The van der Waals surface area contributed by atoms with Crippen LogP contribution in [0.25, 0.3) is 0 Å². The van der Waals surface area contributed by atoms with Gasteiger partial charge in [0.15, 0.2) is 0 Å². The van der Waals surface area contributed by atoms with Gasteiger partial charge in [0.25, 0.3) is 0 Å². The topological polar surface area (TPSA) is 43.8 Å². The fraction of sp³-hybridized carbons (Fsp3) is 0.786. The third-order valence-electron chi connectivity index (χ3n) is 4.33. The zero-order valence-corrected chi connectivity index (χ0v) is 11.2. The van der Waals surface area contributed by atoms with Gasteiger partial charge in [0, 0.05) is 30.9 Å². The van der Waals surface area contributed by atoms with Gasteiger partial charge >= 0.3 is 0 Å². The minimum absolute atomic E-state index is 0.00998. The van der Waals surface area contributed by atoms with Gasteiger partial charge in [0.1, 0.15) is 5.82 Å². The molecule has 2 rings (SSSR count). The molecule has 2 N–H and O–H groups in total. The van der Waals surface area contributed by atoms with Crippen LogP contribution in [-0.2, 0) is 13.0 Å². The van der Waals surface area contributed by atoms with Crippen LogP contribution >= 0.6 is 0 Å². The number of hydrogen-bond acceptors (Lipinski definition) is 2. The quantitative estimate of drug-likeness (QED) is 0.872. The highest BCUT2D eigenvalue weighted by Gasteiger charge is 2.32. The number of rotatable bonds is 4. The molecular weight excluding hydrogens is 210 g/mol. The largest absolute Gasteiger partial charge is 0.335 e. The van der Waals surface area contributed by atoms with Gasteiger partial charge in [-0.1, -0.05) is 13.3 Å². The van der Waals surface area contributed by atoms with Crippen LogP contribution in [0.3, 0.4) is 0 Å². The molecule has 0 aromatic carbocycles. The van der Waals surface area contributed by atoms with Crippen molar-refractivity contribution in [3.8, 4) is 0 Å². The van der Waals surface area contributed by atoms with E-state index in [4.69, 9.17) is 5.73 Å². The summed E-state index contributed by atoms with van der Waals surface area (Å²) < 4.78 is 2.21. The fourth-order valence-corrected chi connectivity index (χ4v) is 2.95. The lowest BCUT2D eigenvalue weighted by atomic mass is 9.74. The Hall–Kier alpha value is -0.830. The van der Waals surface area contributed by atoms with E-state index < -0.39 is 0 Å². The van der Waals surface area contributed by atoms with Crippen molar-refractivity contribution >= 4 is 0 Å². The molecule has 96 valence electrons. The van der Waals surface area contributed by atoms with Crippen LogP contribution < -0.4 is 5.73 Å². The van der Waals surface area contributed by atoms with Crippen LogP contribution in [0.15, 0.2) is 12.4 Å². The molecule has 3 nitrogen and oxygen atoms in total. The van der Waals surface area contributed by atoms with E-state index in [9.17, 15) is 0 Å². The first-order valence-corrected chi connectivity index (χ1v) is 6.96. The van der Waals surface area contributed by atoms with Crippen molar-refractivity contribution in [2.24, 2.45) is 11.7 Å². The van der Waals surface area contributed by atoms with Crippen LogP contribution in [0, 0.1) is 5.92 Å². The first-order chi connectivity index (χ1) is 8.17. The lowest BCUT2D eigenvalue weighted by Crippen LogP contribution is -2.45. The van der Waals surface area contributed by atoms with Gasteiger partial charge in [0.05, 0.1) is 0 Å². The van der Waals surface area contributed by atoms with E-state index in [-0.39, 0.29) is 5.54 Å². The molecule has 0 amide bonds. The summed E-state index contributed by atoms with van der Waals surface area (Å²) >= 11 is 0. The maximum Gasteiger partial charge on any atom is 0.110 e. The zero-order valence-electron chi connectivity index (χ0n) is 11.2. The van der Waals surface area contributed by atoms with E-state index in [1.165, 1.54) is 19.3 Å². The molecule has 3 heteroatoms. The molecule has 1 aliphatic carbocycles. The summed E-state index contributed by atoms with van der Waals surface area (Å²) in [6.07, 6.45) is 11.1. The molecule has 0 spiro atoms. The van der Waals surface area contributed by atoms with E-state index in [1.54, 1.807) is 0 Å². The van der Waals surface area contributed by atoms with E-state index in [0.29, 0.717) is 0 Å². The minimum atomic E-state index is -0.00998. The Bertz CT molecular complexity index is 348. The predicted octanol–water partition coefficient (Wildman–Crippen LogP) is 2.74. The van der Waals surface area contributed by atoms with Crippen molar-refractivity contribution in [1.29, 1.82) is 0 Å². The summed E-state index contributed by atoms with van der Waals surface area (Å²) in [5.74, 6) is 2.06. The van der Waals surface area contributed by atoms with Crippen LogP contribution in [0.1, 0.15) is 51.8 Å². The highest BCUT2D eigenvalue weighted by atomic mass is 15.1. The van der Waals surface area contributed by atoms with Gasteiger partial charge in [-0.2, -0.15) is 0 Å². The molecule has 0 saturated heterocycles. The third-order valence-corrected chi connectivity index (χ3v) is 4.33. The Morgan fingerprint density at radius 1 is 1.41 bits per heavy atom. The van der Waals surface area contributed by atoms with Gasteiger partial charge in [-0.25, -0.2) is 4.98 Å². The zero-order chi connectivity index (χ0) is 12.3. The first-order valence-electron chi connectivity index (χ1n) is 6.96. The Morgan fingerprint density at radius 2 is 2.12 bits per heavy atom. The van der Waals surface area contributed by atoms with Crippen LogP contribution in [0.2, 0.25) is 0 Å². The van der Waals surface area contributed by atoms with Crippen molar-refractivity contribution in [2.45, 2.75) is 64.5 Å². The molecule has 0 aliphatic heterocycles. The average Bonchev–Trinajstić information content (AvgIpc) is 2.77. The maximum absolute atomic E-state index is 6.54. The van der Waals surface area contributed by atoms with Crippen molar-refractivity contribution in [1.82, 2.24) is 9.55 Å². The Balaban J connectivity index is 1.99. The highest BCUT2D eigenvalue weighted by molar-refractivity contribution is 5.02. The van der Waals surface area contributed by atoms with Crippen LogP contribution in [0.4, 0.5) is 0 Å². The summed E-state index contributed by atoms with van der Waals surface area (Å²) in [4.78, 5) is 4.45. The van der Waals surface area contributed by atoms with E-state index in [1.807, 2.05) is 6.20 Å². The second kappa shape index (κ2) is 5.21.